The van der Waals surface area contributed by atoms with Crippen molar-refractivity contribution in [3.05, 3.63) is 71.6 Å². The Labute approximate surface area is 158 Å². The number of thiazole rings is 1. The number of amides is 1. The van der Waals surface area contributed by atoms with Gasteiger partial charge in [0.2, 0.25) is 0 Å². The van der Waals surface area contributed by atoms with Gasteiger partial charge in [0.1, 0.15) is 11.3 Å². The van der Waals surface area contributed by atoms with E-state index in [1.807, 2.05) is 25.1 Å². The Morgan fingerprint density at radius 2 is 2.11 bits per heavy atom. The fourth-order valence-corrected chi connectivity index (χ4v) is 3.68. The highest BCUT2D eigenvalue weighted by Crippen LogP contribution is 2.31. The van der Waals surface area contributed by atoms with Crippen molar-refractivity contribution in [2.24, 2.45) is 7.05 Å². The van der Waals surface area contributed by atoms with Gasteiger partial charge < -0.3 is 0 Å². The van der Waals surface area contributed by atoms with Gasteiger partial charge in [0.05, 0.1) is 16.9 Å². The number of rotatable bonds is 4. The molecule has 0 unspecified atom stereocenters. The largest absolute Gasteiger partial charge is 0.280 e. The monoisotopic (exact) mass is 381 g/mol. The van der Waals surface area contributed by atoms with Crippen LogP contribution in [0.4, 0.5) is 9.52 Å². The highest BCUT2D eigenvalue weighted by atomic mass is 32.1. The molecule has 8 heteroatoms. The van der Waals surface area contributed by atoms with Crippen LogP contribution in [0.1, 0.15) is 21.9 Å². The third kappa shape index (κ3) is 3.31. The molecule has 27 heavy (non-hydrogen) atoms. The molecule has 0 saturated carbocycles. The molecule has 6 nitrogen and oxygen atoms in total. The topological polar surface area (TPSA) is 63.9 Å². The molecule has 0 fully saturated rings. The molecule has 4 aromatic rings. The predicted octanol–water partition coefficient (Wildman–Crippen LogP) is 3.72. The van der Waals surface area contributed by atoms with E-state index in [9.17, 15) is 9.18 Å². The second kappa shape index (κ2) is 6.88. The number of para-hydroxylation sites is 1. The van der Waals surface area contributed by atoms with Gasteiger partial charge in [0.15, 0.2) is 10.8 Å². The second-order valence-corrected chi connectivity index (χ2v) is 7.10. The second-order valence-electron chi connectivity index (χ2n) is 6.09. The molecule has 3 heterocycles. The first-order valence-electron chi connectivity index (χ1n) is 8.30. The smallest absolute Gasteiger partial charge is 0.276 e. The van der Waals surface area contributed by atoms with Crippen molar-refractivity contribution in [1.29, 1.82) is 0 Å². The number of hydrogen-bond acceptors (Lipinski definition) is 5. The highest BCUT2D eigenvalue weighted by molar-refractivity contribution is 7.22. The predicted molar refractivity (Wildman–Crippen MR) is 102 cm³/mol. The first-order valence-corrected chi connectivity index (χ1v) is 9.12. The number of pyridine rings is 1. The molecule has 4 rings (SSSR count). The summed E-state index contributed by atoms with van der Waals surface area (Å²) >= 11 is 1.26. The Morgan fingerprint density at radius 3 is 2.78 bits per heavy atom. The number of aryl methyl sites for hydroxylation is 2. The van der Waals surface area contributed by atoms with Gasteiger partial charge in [-0.1, -0.05) is 23.5 Å². The number of halogens is 1. The average Bonchev–Trinajstić information content (AvgIpc) is 3.25. The molecule has 0 radical (unpaired) electrons. The van der Waals surface area contributed by atoms with Crippen molar-refractivity contribution in [2.75, 3.05) is 4.90 Å². The highest BCUT2D eigenvalue weighted by Gasteiger charge is 2.25. The number of carbonyl (C=O) groups excluding carboxylic acids is 1. The fourth-order valence-electron chi connectivity index (χ4n) is 2.70. The fraction of sp³-hybridized carbons (Fsp3) is 0.158. The summed E-state index contributed by atoms with van der Waals surface area (Å²) in [6.07, 6.45) is 1.67. The molecule has 0 bridgehead atoms. The van der Waals surface area contributed by atoms with Crippen LogP contribution in [0.25, 0.3) is 10.2 Å². The summed E-state index contributed by atoms with van der Waals surface area (Å²) in [4.78, 5) is 23.3. The Balaban J connectivity index is 1.79. The number of aromatic nitrogens is 4. The van der Waals surface area contributed by atoms with E-state index in [-0.39, 0.29) is 18.0 Å². The molecule has 0 aliphatic carbocycles. The van der Waals surface area contributed by atoms with Crippen molar-refractivity contribution in [3.8, 4) is 0 Å². The van der Waals surface area contributed by atoms with E-state index in [0.29, 0.717) is 21.2 Å². The Kier molecular flexibility index (Phi) is 4.41. The van der Waals surface area contributed by atoms with Crippen LogP contribution in [0, 0.1) is 12.7 Å². The minimum atomic E-state index is -0.408. The summed E-state index contributed by atoms with van der Waals surface area (Å²) in [7, 11) is 1.78. The van der Waals surface area contributed by atoms with E-state index in [0.717, 1.165) is 5.69 Å². The molecule has 1 amide bonds. The SMILES string of the molecule is Cc1cc(C(=O)N(Cc2ccccn2)c2nc3c(F)cccc3s2)nn1C. The minimum Gasteiger partial charge on any atom is -0.276 e. The van der Waals surface area contributed by atoms with E-state index in [1.54, 1.807) is 36.1 Å². The van der Waals surface area contributed by atoms with Crippen molar-refractivity contribution in [2.45, 2.75) is 13.5 Å². The van der Waals surface area contributed by atoms with Crippen molar-refractivity contribution in [1.82, 2.24) is 19.7 Å². The molecule has 0 aliphatic rings. The van der Waals surface area contributed by atoms with Crippen molar-refractivity contribution >= 4 is 32.6 Å². The number of nitrogens with zero attached hydrogens (tertiary/aromatic N) is 5. The lowest BCUT2D eigenvalue weighted by Crippen LogP contribution is -2.31. The first kappa shape index (κ1) is 17.3. The molecule has 1 aromatic carbocycles. The summed E-state index contributed by atoms with van der Waals surface area (Å²) < 4.78 is 16.4. The van der Waals surface area contributed by atoms with Gasteiger partial charge in [-0.3, -0.25) is 19.4 Å². The molecule has 3 aromatic heterocycles. The van der Waals surface area contributed by atoms with Gasteiger partial charge in [-0.25, -0.2) is 9.37 Å². The van der Waals surface area contributed by atoms with E-state index in [4.69, 9.17) is 0 Å². The van der Waals surface area contributed by atoms with Crippen LogP contribution >= 0.6 is 11.3 Å². The van der Waals surface area contributed by atoms with Crippen LogP contribution in [0.5, 0.6) is 0 Å². The van der Waals surface area contributed by atoms with Gasteiger partial charge >= 0.3 is 0 Å². The third-order valence-electron chi connectivity index (χ3n) is 4.21. The maximum Gasteiger partial charge on any atom is 0.280 e. The molecular weight excluding hydrogens is 365 g/mol. The number of hydrogen-bond donors (Lipinski definition) is 0. The minimum absolute atomic E-state index is 0.219. The van der Waals surface area contributed by atoms with Crippen LogP contribution in [-0.4, -0.2) is 25.7 Å². The van der Waals surface area contributed by atoms with E-state index in [2.05, 4.69) is 15.1 Å². The number of benzene rings is 1. The summed E-state index contributed by atoms with van der Waals surface area (Å²) in [5.41, 5.74) is 2.14. The summed E-state index contributed by atoms with van der Waals surface area (Å²) in [6.45, 7) is 2.09. The first-order chi connectivity index (χ1) is 13.0. The Morgan fingerprint density at radius 1 is 1.26 bits per heavy atom. The van der Waals surface area contributed by atoms with Crippen molar-refractivity contribution in [3.63, 3.8) is 0 Å². The van der Waals surface area contributed by atoms with Gasteiger partial charge in [0, 0.05) is 18.9 Å². The standard InChI is InChI=1S/C19H16FN5OS/c1-12-10-15(23-24(12)2)18(26)25(11-13-6-3-4-9-21-13)19-22-17-14(20)7-5-8-16(17)27-19/h3-10H,11H2,1-2H3. The zero-order valence-electron chi connectivity index (χ0n) is 14.8. The van der Waals surface area contributed by atoms with Gasteiger partial charge in [-0.15, -0.1) is 0 Å². The Hall–Kier alpha value is -3.13. The normalized spacial score (nSPS) is 11.1. The molecule has 0 aliphatic heterocycles. The molecule has 0 atom stereocenters. The van der Waals surface area contributed by atoms with Crippen LogP contribution in [-0.2, 0) is 13.6 Å². The molecule has 136 valence electrons. The lowest BCUT2D eigenvalue weighted by molar-refractivity contribution is 0.0979. The maximum absolute atomic E-state index is 14.1. The van der Waals surface area contributed by atoms with Gasteiger partial charge in [-0.05, 0) is 37.3 Å². The number of anilines is 1. The summed E-state index contributed by atoms with van der Waals surface area (Å²) in [5.74, 6) is -0.710. The molecule has 0 N–H and O–H groups in total. The molecule has 0 saturated heterocycles. The Bertz CT molecular complexity index is 1100. The van der Waals surface area contributed by atoms with Crippen LogP contribution in [0.15, 0.2) is 48.7 Å². The third-order valence-corrected chi connectivity index (χ3v) is 5.26. The van der Waals surface area contributed by atoms with Gasteiger partial charge in [0.25, 0.3) is 5.91 Å². The zero-order chi connectivity index (χ0) is 19.0. The van der Waals surface area contributed by atoms with E-state index >= 15 is 0 Å². The maximum atomic E-state index is 14.1. The van der Waals surface area contributed by atoms with Gasteiger partial charge in [-0.2, -0.15) is 5.10 Å². The molecular formula is C19H16FN5OS. The lowest BCUT2D eigenvalue weighted by atomic mass is 10.3. The molecule has 0 spiro atoms. The van der Waals surface area contributed by atoms with Crippen LogP contribution in [0.2, 0.25) is 0 Å². The van der Waals surface area contributed by atoms with Crippen LogP contribution in [0.3, 0.4) is 0 Å². The number of carbonyl (C=O) groups is 1. The zero-order valence-corrected chi connectivity index (χ0v) is 15.6. The number of fused-ring (bicyclic) bond motifs is 1. The lowest BCUT2D eigenvalue weighted by Gasteiger charge is -2.18. The van der Waals surface area contributed by atoms with E-state index in [1.165, 1.54) is 22.3 Å². The quantitative estimate of drug-likeness (QED) is 0.540. The van der Waals surface area contributed by atoms with Crippen molar-refractivity contribution < 1.29 is 9.18 Å². The average molecular weight is 381 g/mol. The van der Waals surface area contributed by atoms with Crippen LogP contribution < -0.4 is 4.90 Å². The summed E-state index contributed by atoms with van der Waals surface area (Å²) in [6, 6.07) is 12.0. The van der Waals surface area contributed by atoms with E-state index < -0.39 is 5.82 Å². The summed E-state index contributed by atoms with van der Waals surface area (Å²) in [5, 5.41) is 4.69.